The Hall–Kier alpha value is -0.640. The van der Waals surface area contributed by atoms with Gasteiger partial charge in [0, 0.05) is 17.5 Å². The first-order valence-electron chi connectivity index (χ1n) is 5.46. The fourth-order valence-electron chi connectivity index (χ4n) is 1.48. The van der Waals surface area contributed by atoms with E-state index in [0.29, 0.717) is 6.54 Å². The van der Waals surface area contributed by atoms with E-state index in [1.807, 2.05) is 4.72 Å². The molecule has 0 aliphatic carbocycles. The Kier molecular flexibility index (Phi) is 5.36. The molecule has 0 saturated carbocycles. The Morgan fingerprint density at radius 1 is 1.37 bits per heavy atom. The zero-order valence-electron chi connectivity index (χ0n) is 10.4. The Labute approximate surface area is 114 Å². The highest BCUT2D eigenvalue weighted by Gasteiger charge is 2.32. The quantitative estimate of drug-likeness (QED) is 0.845. The minimum absolute atomic E-state index is 0.0202. The summed E-state index contributed by atoms with van der Waals surface area (Å²) in [7, 11) is -2.17. The minimum atomic E-state index is -4.39. The van der Waals surface area contributed by atoms with Crippen LogP contribution >= 0.6 is 11.3 Å². The lowest BCUT2D eigenvalue weighted by Gasteiger charge is -2.15. The lowest BCUT2D eigenvalue weighted by atomic mass is 10.2. The topological polar surface area (TPSA) is 58.2 Å². The Balaban J connectivity index is 2.74. The van der Waals surface area contributed by atoms with Crippen LogP contribution in [0.2, 0.25) is 0 Å². The maximum atomic E-state index is 12.1. The molecule has 1 aromatic rings. The van der Waals surface area contributed by atoms with Crippen LogP contribution in [0.1, 0.15) is 18.2 Å². The summed E-state index contributed by atoms with van der Waals surface area (Å²) >= 11 is 1.03. The summed E-state index contributed by atoms with van der Waals surface area (Å²) in [4.78, 5) is 0.798. The first kappa shape index (κ1) is 16.4. The van der Waals surface area contributed by atoms with E-state index in [1.54, 1.807) is 13.1 Å². The Morgan fingerprint density at radius 2 is 2.00 bits per heavy atom. The van der Waals surface area contributed by atoms with Crippen molar-refractivity contribution in [1.82, 2.24) is 10.0 Å². The summed E-state index contributed by atoms with van der Waals surface area (Å²) in [6.45, 7) is 1.70. The van der Waals surface area contributed by atoms with Crippen molar-refractivity contribution in [1.29, 1.82) is 0 Å². The molecule has 1 aromatic heterocycles. The zero-order valence-corrected chi connectivity index (χ0v) is 12.0. The summed E-state index contributed by atoms with van der Waals surface area (Å²) in [5.74, 6) is 0. The number of rotatable bonds is 6. The second-order valence-corrected chi connectivity index (χ2v) is 7.20. The molecule has 9 heteroatoms. The predicted octanol–water partition coefficient (Wildman–Crippen LogP) is 2.09. The number of halogens is 3. The molecule has 19 heavy (non-hydrogen) atoms. The van der Waals surface area contributed by atoms with Gasteiger partial charge in [-0.15, -0.1) is 11.3 Å². The number of hydrogen-bond acceptors (Lipinski definition) is 4. The van der Waals surface area contributed by atoms with Gasteiger partial charge in [0.1, 0.15) is 4.21 Å². The third kappa shape index (κ3) is 5.47. The van der Waals surface area contributed by atoms with Gasteiger partial charge in [0.15, 0.2) is 0 Å². The van der Waals surface area contributed by atoms with E-state index in [-0.39, 0.29) is 4.21 Å². The largest absolute Gasteiger partial charge is 0.390 e. The Morgan fingerprint density at radius 3 is 2.53 bits per heavy atom. The van der Waals surface area contributed by atoms with E-state index >= 15 is 0 Å². The van der Waals surface area contributed by atoms with Crippen molar-refractivity contribution in [3.63, 3.8) is 0 Å². The van der Waals surface area contributed by atoms with Gasteiger partial charge in [0.25, 0.3) is 0 Å². The molecule has 0 aliphatic rings. The van der Waals surface area contributed by atoms with Gasteiger partial charge >= 0.3 is 6.18 Å². The van der Waals surface area contributed by atoms with Crippen LogP contribution in [0, 0.1) is 0 Å². The number of hydrogen-bond donors (Lipinski definition) is 2. The average Bonchev–Trinajstić information content (AvgIpc) is 2.63. The monoisotopic (exact) mass is 316 g/mol. The second-order valence-electron chi connectivity index (χ2n) is 4.09. The van der Waals surface area contributed by atoms with Gasteiger partial charge in [-0.1, -0.05) is 0 Å². The number of thiophene rings is 1. The van der Waals surface area contributed by atoms with Gasteiger partial charge in [-0.25, -0.2) is 13.1 Å². The molecule has 1 heterocycles. The Bertz CT molecular complexity index is 511. The number of alkyl halides is 3. The third-order valence-corrected chi connectivity index (χ3v) is 5.31. The molecule has 0 amide bonds. The molecule has 0 fully saturated rings. The van der Waals surface area contributed by atoms with Crippen molar-refractivity contribution in [2.24, 2.45) is 0 Å². The van der Waals surface area contributed by atoms with Crippen LogP contribution in [-0.2, 0) is 16.6 Å². The van der Waals surface area contributed by atoms with E-state index in [4.69, 9.17) is 0 Å². The van der Waals surface area contributed by atoms with Crippen LogP contribution < -0.4 is 10.0 Å². The summed E-state index contributed by atoms with van der Waals surface area (Å²) in [5, 5.41) is 2.87. The highest BCUT2D eigenvalue weighted by Crippen LogP contribution is 2.24. The molecule has 0 spiro atoms. The normalized spacial score (nSPS) is 14.6. The highest BCUT2D eigenvalue weighted by molar-refractivity contribution is 7.91. The van der Waals surface area contributed by atoms with Gasteiger partial charge < -0.3 is 5.32 Å². The molecular weight excluding hydrogens is 301 g/mol. The maximum Gasteiger partial charge on any atom is 0.390 e. The molecule has 110 valence electrons. The van der Waals surface area contributed by atoms with Crippen LogP contribution in [0.5, 0.6) is 0 Å². The van der Waals surface area contributed by atoms with Crippen LogP contribution in [0.15, 0.2) is 16.3 Å². The van der Waals surface area contributed by atoms with E-state index in [2.05, 4.69) is 5.32 Å². The van der Waals surface area contributed by atoms with Gasteiger partial charge in [-0.2, -0.15) is 13.2 Å². The first-order valence-corrected chi connectivity index (χ1v) is 7.76. The molecule has 0 aromatic carbocycles. The van der Waals surface area contributed by atoms with Gasteiger partial charge in [0.05, 0.1) is 6.42 Å². The maximum absolute atomic E-state index is 12.1. The average molecular weight is 316 g/mol. The van der Waals surface area contributed by atoms with E-state index in [1.165, 1.54) is 13.0 Å². The van der Waals surface area contributed by atoms with Crippen LogP contribution in [0.25, 0.3) is 0 Å². The molecule has 0 aliphatic heterocycles. The van der Waals surface area contributed by atoms with E-state index < -0.39 is 28.7 Å². The summed E-state index contributed by atoms with van der Waals surface area (Å²) in [5.41, 5.74) is 0. The standard InChI is InChI=1S/C10H15F3N2O2S2/c1-7(5-10(11,12)13)15-19(16,17)9-4-3-8(18-9)6-14-2/h3-4,7,14-15H,5-6H2,1-2H3. The lowest BCUT2D eigenvalue weighted by Crippen LogP contribution is -2.35. The fraction of sp³-hybridized carbons (Fsp3) is 0.600. The van der Waals surface area contributed by atoms with Crippen LogP contribution in [0.4, 0.5) is 13.2 Å². The second kappa shape index (κ2) is 6.21. The number of nitrogens with one attached hydrogen (secondary N) is 2. The van der Waals surface area contributed by atoms with Crippen LogP contribution in [-0.4, -0.2) is 27.7 Å². The molecule has 4 nitrogen and oxygen atoms in total. The first-order chi connectivity index (χ1) is 8.64. The van der Waals surface area contributed by atoms with Gasteiger partial charge in [0.2, 0.25) is 10.0 Å². The molecule has 1 atom stereocenters. The molecular formula is C10H15F3N2O2S2. The van der Waals surface area contributed by atoms with Crippen LogP contribution in [0.3, 0.4) is 0 Å². The van der Waals surface area contributed by atoms with Crippen molar-refractivity contribution >= 4 is 21.4 Å². The summed E-state index contributed by atoms with van der Waals surface area (Å²) < 4.78 is 62.2. The predicted molar refractivity (Wildman–Crippen MR) is 67.5 cm³/mol. The molecule has 0 saturated heterocycles. The van der Waals surface area contributed by atoms with Crippen molar-refractivity contribution in [2.45, 2.75) is 36.3 Å². The number of sulfonamides is 1. The lowest BCUT2D eigenvalue weighted by molar-refractivity contribution is -0.137. The van der Waals surface area contributed by atoms with Crippen molar-refractivity contribution < 1.29 is 21.6 Å². The SMILES string of the molecule is CNCc1ccc(S(=O)(=O)NC(C)CC(F)(F)F)s1. The third-order valence-electron chi connectivity index (χ3n) is 2.15. The molecule has 1 unspecified atom stereocenters. The molecule has 0 bridgehead atoms. The summed E-state index contributed by atoms with van der Waals surface area (Å²) in [6, 6.07) is 1.82. The van der Waals surface area contributed by atoms with Gasteiger partial charge in [-0.05, 0) is 26.1 Å². The summed E-state index contributed by atoms with van der Waals surface area (Å²) in [6.07, 6.45) is -5.59. The smallest absolute Gasteiger partial charge is 0.315 e. The molecule has 2 N–H and O–H groups in total. The minimum Gasteiger partial charge on any atom is -0.315 e. The van der Waals surface area contributed by atoms with Crippen molar-refractivity contribution in [2.75, 3.05) is 7.05 Å². The highest BCUT2D eigenvalue weighted by atomic mass is 32.2. The van der Waals surface area contributed by atoms with Gasteiger partial charge in [-0.3, -0.25) is 0 Å². The fourth-order valence-corrected chi connectivity index (χ4v) is 4.11. The zero-order chi connectivity index (χ0) is 14.7. The van der Waals surface area contributed by atoms with Crippen molar-refractivity contribution in [3.8, 4) is 0 Å². The van der Waals surface area contributed by atoms with Crippen molar-refractivity contribution in [3.05, 3.63) is 17.0 Å². The van der Waals surface area contributed by atoms with E-state index in [0.717, 1.165) is 16.2 Å². The van der Waals surface area contributed by atoms with E-state index in [9.17, 15) is 21.6 Å². The molecule has 0 radical (unpaired) electrons. The molecule has 1 rings (SSSR count).